The number of rotatable bonds is 3. The van der Waals surface area contributed by atoms with E-state index in [0.29, 0.717) is 5.69 Å². The number of halogens is 3. The number of nitrogens with one attached hydrogen (secondary N) is 2. The Balaban J connectivity index is 2.21. The van der Waals surface area contributed by atoms with Crippen molar-refractivity contribution in [3.63, 3.8) is 0 Å². The van der Waals surface area contributed by atoms with Gasteiger partial charge >= 0.3 is 0 Å². The molecule has 0 aliphatic rings. The van der Waals surface area contributed by atoms with E-state index in [0.717, 1.165) is 0 Å². The highest BCUT2D eigenvalue weighted by atomic mass is 79.9. The van der Waals surface area contributed by atoms with Crippen molar-refractivity contribution in [2.45, 2.75) is 0 Å². The molecule has 0 aliphatic heterocycles. The van der Waals surface area contributed by atoms with E-state index >= 15 is 0 Å². The highest BCUT2D eigenvalue weighted by Gasteiger charge is 2.05. The Kier molecular flexibility index (Phi) is 4.28. The third-order valence-electron chi connectivity index (χ3n) is 2.17. The van der Waals surface area contributed by atoms with E-state index < -0.39 is 11.4 Å². The van der Waals surface area contributed by atoms with E-state index in [1.807, 2.05) is 0 Å². The van der Waals surface area contributed by atoms with Crippen molar-refractivity contribution in [1.29, 1.82) is 0 Å². The molecule has 0 radical (unpaired) electrons. The average Bonchev–Trinajstić information content (AvgIpc) is 2.38. The first kappa shape index (κ1) is 13.7. The van der Waals surface area contributed by atoms with Crippen LogP contribution in [-0.4, -0.2) is 16.4 Å². The first-order valence-corrected chi connectivity index (χ1v) is 6.23. The predicted octanol–water partition coefficient (Wildman–Crippen LogP) is 2.77. The van der Waals surface area contributed by atoms with Gasteiger partial charge in [0.2, 0.25) is 0 Å². The van der Waals surface area contributed by atoms with E-state index in [4.69, 9.17) is 11.6 Å². The van der Waals surface area contributed by atoms with E-state index in [9.17, 15) is 9.18 Å². The lowest BCUT2D eigenvalue weighted by Crippen LogP contribution is -2.10. The lowest BCUT2D eigenvalue weighted by Gasteiger charge is -2.02. The molecule has 2 N–H and O–H groups in total. The second-order valence-electron chi connectivity index (χ2n) is 3.43. The Morgan fingerprint density at radius 2 is 2.32 bits per heavy atom. The molecule has 2 aromatic rings. The molecule has 1 aromatic carbocycles. The SMILES string of the molecule is O=c1[nH]ncc(N/N=C/c2c(F)cccc2Cl)c1Br. The van der Waals surface area contributed by atoms with Gasteiger partial charge in [-0.3, -0.25) is 10.2 Å². The monoisotopic (exact) mass is 344 g/mol. The Labute approximate surface area is 120 Å². The highest BCUT2D eigenvalue weighted by Crippen LogP contribution is 2.18. The van der Waals surface area contributed by atoms with Crippen molar-refractivity contribution in [1.82, 2.24) is 10.2 Å². The quantitative estimate of drug-likeness (QED) is 0.664. The van der Waals surface area contributed by atoms with Gasteiger partial charge in [-0.15, -0.1) is 0 Å². The van der Waals surface area contributed by atoms with E-state index in [1.165, 1.54) is 24.5 Å². The molecule has 0 aliphatic carbocycles. The van der Waals surface area contributed by atoms with Crippen LogP contribution in [0.4, 0.5) is 10.1 Å². The van der Waals surface area contributed by atoms with Crippen LogP contribution in [0.3, 0.4) is 0 Å². The fourth-order valence-electron chi connectivity index (χ4n) is 1.26. The molecule has 0 spiro atoms. The number of H-pyrrole nitrogens is 1. The first-order valence-electron chi connectivity index (χ1n) is 5.06. The van der Waals surface area contributed by atoms with Crippen molar-refractivity contribution in [3.05, 3.63) is 55.6 Å². The maximum Gasteiger partial charge on any atom is 0.280 e. The minimum atomic E-state index is -0.485. The molecule has 0 saturated carbocycles. The fraction of sp³-hybridized carbons (Fsp3) is 0. The van der Waals surface area contributed by atoms with Gasteiger partial charge in [0.05, 0.1) is 23.1 Å². The van der Waals surface area contributed by atoms with Gasteiger partial charge < -0.3 is 0 Å². The summed E-state index contributed by atoms with van der Waals surface area (Å²) in [5, 5.41) is 9.90. The predicted molar refractivity (Wildman–Crippen MR) is 75.2 cm³/mol. The van der Waals surface area contributed by atoms with Crippen molar-refractivity contribution in [2.75, 3.05) is 5.43 Å². The van der Waals surface area contributed by atoms with Crippen LogP contribution in [0.1, 0.15) is 5.56 Å². The summed E-state index contributed by atoms with van der Waals surface area (Å²) in [5.74, 6) is -0.485. The zero-order chi connectivity index (χ0) is 13.8. The molecular weight excluding hydrogens is 339 g/mol. The largest absolute Gasteiger partial charge is 0.280 e. The second-order valence-corrected chi connectivity index (χ2v) is 4.63. The molecule has 0 unspecified atom stereocenters. The topological polar surface area (TPSA) is 70.1 Å². The molecule has 0 amide bonds. The van der Waals surface area contributed by atoms with Gasteiger partial charge in [-0.1, -0.05) is 17.7 Å². The fourth-order valence-corrected chi connectivity index (χ4v) is 1.75. The standard InChI is InChI=1S/C11H7BrClFN4O/c12-10-9(5-16-18-11(10)19)17-15-4-6-7(13)2-1-3-8(6)14/h1-5H,(H2,17,18,19)/b15-4+. The number of aromatic nitrogens is 2. The molecular formula is C11H7BrClFN4O. The molecule has 98 valence electrons. The average molecular weight is 346 g/mol. The normalized spacial score (nSPS) is 10.9. The van der Waals surface area contributed by atoms with E-state index in [-0.39, 0.29) is 15.1 Å². The lowest BCUT2D eigenvalue weighted by atomic mass is 10.2. The third-order valence-corrected chi connectivity index (χ3v) is 3.29. The third kappa shape index (κ3) is 3.18. The van der Waals surface area contributed by atoms with Gasteiger partial charge in [-0.05, 0) is 28.1 Å². The minimum Gasteiger partial charge on any atom is -0.275 e. The zero-order valence-corrected chi connectivity index (χ0v) is 11.7. The summed E-state index contributed by atoms with van der Waals surface area (Å²) >= 11 is 8.91. The van der Waals surface area contributed by atoms with Gasteiger partial charge in [-0.2, -0.15) is 10.2 Å². The summed E-state index contributed by atoms with van der Waals surface area (Å²) in [4.78, 5) is 11.2. The zero-order valence-electron chi connectivity index (χ0n) is 9.32. The molecule has 8 heteroatoms. The Hall–Kier alpha value is -1.73. The number of hydrogen-bond acceptors (Lipinski definition) is 4. The van der Waals surface area contributed by atoms with Crippen LogP contribution in [0.15, 0.2) is 38.8 Å². The number of hydrazone groups is 1. The summed E-state index contributed by atoms with van der Waals surface area (Å²) in [7, 11) is 0. The van der Waals surface area contributed by atoms with E-state index in [1.54, 1.807) is 6.07 Å². The molecule has 0 atom stereocenters. The van der Waals surface area contributed by atoms with Gasteiger partial charge in [0.25, 0.3) is 5.56 Å². The summed E-state index contributed by atoms with van der Waals surface area (Å²) in [6, 6.07) is 4.33. The molecule has 0 saturated heterocycles. The molecule has 0 bridgehead atoms. The molecule has 5 nitrogen and oxygen atoms in total. The van der Waals surface area contributed by atoms with Crippen LogP contribution in [0.25, 0.3) is 0 Å². The van der Waals surface area contributed by atoms with Crippen LogP contribution in [0.2, 0.25) is 5.02 Å². The van der Waals surface area contributed by atoms with Gasteiger partial charge in [-0.25, -0.2) is 9.49 Å². The maximum absolute atomic E-state index is 13.4. The summed E-state index contributed by atoms with van der Waals surface area (Å²) < 4.78 is 13.7. The molecule has 1 heterocycles. The summed E-state index contributed by atoms with van der Waals surface area (Å²) in [6.07, 6.45) is 2.59. The van der Waals surface area contributed by atoms with Crippen LogP contribution < -0.4 is 11.0 Å². The molecule has 0 fully saturated rings. The Morgan fingerprint density at radius 1 is 1.53 bits per heavy atom. The Bertz CT molecular complexity index is 668. The maximum atomic E-state index is 13.4. The molecule has 1 aromatic heterocycles. The van der Waals surface area contributed by atoms with E-state index in [2.05, 4.69) is 36.7 Å². The summed E-state index contributed by atoms with van der Waals surface area (Å²) in [5.41, 5.74) is 2.68. The van der Waals surface area contributed by atoms with Crippen molar-refractivity contribution in [2.24, 2.45) is 5.10 Å². The first-order chi connectivity index (χ1) is 9.09. The number of nitrogens with zero attached hydrogens (tertiary/aromatic N) is 2. The minimum absolute atomic E-state index is 0.158. The van der Waals surface area contributed by atoms with Crippen LogP contribution in [0.5, 0.6) is 0 Å². The van der Waals surface area contributed by atoms with Crippen LogP contribution in [0, 0.1) is 5.82 Å². The van der Waals surface area contributed by atoms with Crippen molar-refractivity contribution in [3.8, 4) is 0 Å². The van der Waals surface area contributed by atoms with Gasteiger partial charge in [0, 0.05) is 5.56 Å². The molecule has 2 rings (SSSR count). The smallest absolute Gasteiger partial charge is 0.275 e. The number of benzene rings is 1. The summed E-state index contributed by atoms with van der Waals surface area (Å²) in [6.45, 7) is 0. The van der Waals surface area contributed by atoms with Crippen LogP contribution >= 0.6 is 27.5 Å². The number of hydrogen-bond donors (Lipinski definition) is 2. The van der Waals surface area contributed by atoms with Crippen LogP contribution in [-0.2, 0) is 0 Å². The molecule has 19 heavy (non-hydrogen) atoms. The second kappa shape index (κ2) is 5.94. The van der Waals surface area contributed by atoms with Gasteiger partial charge in [0.15, 0.2) is 0 Å². The highest BCUT2D eigenvalue weighted by molar-refractivity contribution is 9.10. The van der Waals surface area contributed by atoms with Gasteiger partial charge in [0.1, 0.15) is 10.3 Å². The Morgan fingerprint density at radius 3 is 3.05 bits per heavy atom. The van der Waals surface area contributed by atoms with Crippen molar-refractivity contribution >= 4 is 39.4 Å². The van der Waals surface area contributed by atoms with Crippen molar-refractivity contribution < 1.29 is 4.39 Å². The lowest BCUT2D eigenvalue weighted by molar-refractivity contribution is 0.626. The number of anilines is 1. The number of aromatic amines is 1.